The van der Waals surface area contributed by atoms with Crippen LogP contribution in [0.1, 0.15) is 23.2 Å². The number of hydrogen-bond donors (Lipinski definition) is 1. The van der Waals surface area contributed by atoms with Gasteiger partial charge in [0.25, 0.3) is 5.91 Å². The standard InChI is InChI=1S/C17H16F3NO2/c18-17(19,20)13-6-3-7-21(10-13)16(23)14-8-11-4-1-2-5-12(11)9-15(14)22/h1-2,4-5,8-9,13,22H,3,6-7,10H2/t13-/m1/s1. The summed E-state index contributed by atoms with van der Waals surface area (Å²) < 4.78 is 38.6. The highest BCUT2D eigenvalue weighted by atomic mass is 19.4. The Balaban J connectivity index is 1.89. The molecule has 6 heteroatoms. The minimum atomic E-state index is -4.30. The molecule has 1 heterocycles. The number of fused-ring (bicyclic) bond motifs is 1. The molecule has 0 aliphatic carbocycles. The quantitative estimate of drug-likeness (QED) is 0.863. The number of phenols is 1. The van der Waals surface area contributed by atoms with Gasteiger partial charge in [0.1, 0.15) is 5.75 Å². The van der Waals surface area contributed by atoms with Crippen LogP contribution < -0.4 is 0 Å². The zero-order valence-corrected chi connectivity index (χ0v) is 12.3. The second kappa shape index (κ2) is 5.76. The Bertz CT molecular complexity index is 742. The minimum absolute atomic E-state index is 0.0387. The van der Waals surface area contributed by atoms with Gasteiger partial charge in [0.2, 0.25) is 0 Å². The van der Waals surface area contributed by atoms with Gasteiger partial charge in [-0.25, -0.2) is 0 Å². The molecule has 2 aromatic carbocycles. The van der Waals surface area contributed by atoms with Crippen molar-refractivity contribution in [1.82, 2.24) is 4.90 Å². The highest BCUT2D eigenvalue weighted by molar-refractivity contribution is 6.01. The van der Waals surface area contributed by atoms with Crippen LogP contribution in [0.5, 0.6) is 5.75 Å². The first-order chi connectivity index (χ1) is 10.9. The smallest absolute Gasteiger partial charge is 0.393 e. The summed E-state index contributed by atoms with van der Waals surface area (Å²) >= 11 is 0. The van der Waals surface area contributed by atoms with Crippen molar-refractivity contribution < 1.29 is 23.1 Å². The molecule has 1 fully saturated rings. The molecule has 0 radical (unpaired) electrons. The molecule has 3 rings (SSSR count). The van der Waals surface area contributed by atoms with Gasteiger partial charge < -0.3 is 10.0 Å². The molecule has 1 N–H and O–H groups in total. The minimum Gasteiger partial charge on any atom is -0.507 e. The Hall–Kier alpha value is -2.24. The Morgan fingerprint density at radius 2 is 1.83 bits per heavy atom. The average Bonchev–Trinajstić information content (AvgIpc) is 2.53. The molecule has 1 aliphatic rings. The molecule has 1 amide bonds. The van der Waals surface area contributed by atoms with Crippen molar-refractivity contribution in [2.45, 2.75) is 19.0 Å². The predicted molar refractivity (Wildman–Crippen MR) is 80.3 cm³/mol. The molecule has 1 saturated heterocycles. The van der Waals surface area contributed by atoms with E-state index in [9.17, 15) is 23.1 Å². The number of rotatable bonds is 1. The fourth-order valence-electron chi connectivity index (χ4n) is 3.00. The number of hydrogen-bond acceptors (Lipinski definition) is 2. The first-order valence-electron chi connectivity index (χ1n) is 7.44. The van der Waals surface area contributed by atoms with Crippen LogP contribution in [0.2, 0.25) is 0 Å². The number of carbonyl (C=O) groups excluding carboxylic acids is 1. The van der Waals surface area contributed by atoms with Crippen LogP contribution >= 0.6 is 0 Å². The van der Waals surface area contributed by atoms with E-state index >= 15 is 0 Å². The summed E-state index contributed by atoms with van der Waals surface area (Å²) in [4.78, 5) is 13.7. The Morgan fingerprint density at radius 1 is 1.17 bits per heavy atom. The lowest BCUT2D eigenvalue weighted by molar-refractivity contribution is -0.184. The lowest BCUT2D eigenvalue weighted by Gasteiger charge is -2.33. The maximum Gasteiger partial charge on any atom is 0.393 e. The van der Waals surface area contributed by atoms with E-state index in [4.69, 9.17) is 0 Å². The van der Waals surface area contributed by atoms with Crippen molar-refractivity contribution in [2.75, 3.05) is 13.1 Å². The summed E-state index contributed by atoms with van der Waals surface area (Å²) in [6.07, 6.45) is -3.95. The molecule has 1 atom stereocenters. The van der Waals surface area contributed by atoms with Crippen molar-refractivity contribution in [3.05, 3.63) is 42.0 Å². The van der Waals surface area contributed by atoms with Crippen molar-refractivity contribution >= 4 is 16.7 Å². The Morgan fingerprint density at radius 3 is 2.48 bits per heavy atom. The van der Waals surface area contributed by atoms with Crippen LogP contribution in [-0.2, 0) is 0 Å². The number of aromatic hydroxyl groups is 1. The van der Waals surface area contributed by atoms with Crippen molar-refractivity contribution in [3.63, 3.8) is 0 Å². The molecule has 122 valence electrons. The highest BCUT2D eigenvalue weighted by Gasteiger charge is 2.42. The van der Waals surface area contributed by atoms with Crippen LogP contribution in [-0.4, -0.2) is 35.2 Å². The predicted octanol–water partition coefficient (Wildman–Crippen LogP) is 3.96. The zero-order valence-electron chi connectivity index (χ0n) is 12.3. The van der Waals surface area contributed by atoms with E-state index in [1.54, 1.807) is 18.2 Å². The highest BCUT2D eigenvalue weighted by Crippen LogP contribution is 2.34. The summed E-state index contributed by atoms with van der Waals surface area (Å²) in [6, 6.07) is 10.2. The van der Waals surface area contributed by atoms with E-state index in [0.29, 0.717) is 6.42 Å². The normalized spacial score (nSPS) is 19.1. The number of piperidine rings is 1. The van der Waals surface area contributed by atoms with Gasteiger partial charge in [0.05, 0.1) is 11.5 Å². The lowest BCUT2D eigenvalue weighted by Crippen LogP contribution is -2.44. The van der Waals surface area contributed by atoms with E-state index in [1.165, 1.54) is 17.0 Å². The van der Waals surface area contributed by atoms with Gasteiger partial charge in [-0.1, -0.05) is 24.3 Å². The van der Waals surface area contributed by atoms with Crippen LogP contribution in [0.15, 0.2) is 36.4 Å². The summed E-state index contributed by atoms with van der Waals surface area (Å²) in [5, 5.41) is 11.6. The van der Waals surface area contributed by atoms with Gasteiger partial charge in [-0.2, -0.15) is 13.2 Å². The number of halogens is 3. The summed E-state index contributed by atoms with van der Waals surface area (Å²) in [7, 11) is 0. The fraction of sp³-hybridized carbons (Fsp3) is 0.353. The fourth-order valence-corrected chi connectivity index (χ4v) is 3.00. The molecule has 2 aromatic rings. The number of phenolic OH excluding ortho intramolecular Hbond substituents is 1. The molecular formula is C17H16F3NO2. The molecule has 0 aromatic heterocycles. The Kier molecular flexibility index (Phi) is 3.92. The molecule has 0 spiro atoms. The number of alkyl halides is 3. The largest absolute Gasteiger partial charge is 0.507 e. The lowest BCUT2D eigenvalue weighted by atomic mass is 9.96. The van der Waals surface area contributed by atoms with Crippen LogP contribution in [0.4, 0.5) is 13.2 Å². The van der Waals surface area contributed by atoms with Crippen molar-refractivity contribution in [1.29, 1.82) is 0 Å². The van der Waals surface area contributed by atoms with Gasteiger partial charge in [0.15, 0.2) is 0 Å². The van der Waals surface area contributed by atoms with E-state index in [1.807, 2.05) is 6.07 Å². The maximum absolute atomic E-state index is 12.9. The van der Waals surface area contributed by atoms with Gasteiger partial charge >= 0.3 is 6.18 Å². The van der Waals surface area contributed by atoms with E-state index in [2.05, 4.69) is 0 Å². The van der Waals surface area contributed by atoms with E-state index in [0.717, 1.165) is 10.8 Å². The summed E-state index contributed by atoms with van der Waals surface area (Å²) in [5.74, 6) is -2.26. The molecule has 1 aliphatic heterocycles. The first kappa shape index (κ1) is 15.6. The third-order valence-corrected chi connectivity index (χ3v) is 4.27. The number of amides is 1. The van der Waals surface area contributed by atoms with Crippen LogP contribution in [0.3, 0.4) is 0 Å². The van der Waals surface area contributed by atoms with Crippen LogP contribution in [0, 0.1) is 5.92 Å². The van der Waals surface area contributed by atoms with Crippen molar-refractivity contribution in [3.8, 4) is 5.75 Å². The molecular weight excluding hydrogens is 307 g/mol. The molecule has 0 bridgehead atoms. The monoisotopic (exact) mass is 323 g/mol. The van der Waals surface area contributed by atoms with Gasteiger partial charge in [-0.3, -0.25) is 4.79 Å². The van der Waals surface area contributed by atoms with Crippen molar-refractivity contribution in [2.24, 2.45) is 5.92 Å². The second-order valence-corrected chi connectivity index (χ2v) is 5.85. The number of carbonyl (C=O) groups is 1. The maximum atomic E-state index is 12.9. The molecule has 23 heavy (non-hydrogen) atoms. The number of benzene rings is 2. The van der Waals surface area contributed by atoms with E-state index in [-0.39, 0.29) is 30.8 Å². The van der Waals surface area contributed by atoms with Gasteiger partial charge in [-0.05, 0) is 35.7 Å². The topological polar surface area (TPSA) is 40.5 Å². The third-order valence-electron chi connectivity index (χ3n) is 4.27. The molecule has 3 nitrogen and oxygen atoms in total. The Labute approximate surface area is 131 Å². The zero-order chi connectivity index (χ0) is 16.6. The second-order valence-electron chi connectivity index (χ2n) is 5.85. The third kappa shape index (κ3) is 3.11. The summed E-state index contributed by atoms with van der Waals surface area (Å²) in [5.41, 5.74) is 0.0477. The number of nitrogens with zero attached hydrogens (tertiary/aromatic N) is 1. The number of likely N-dealkylation sites (tertiary alicyclic amines) is 1. The van der Waals surface area contributed by atoms with Crippen LogP contribution in [0.25, 0.3) is 10.8 Å². The summed E-state index contributed by atoms with van der Waals surface area (Å²) in [6.45, 7) is -0.0771. The van der Waals surface area contributed by atoms with Gasteiger partial charge in [-0.15, -0.1) is 0 Å². The SMILES string of the molecule is O=C(c1cc2ccccc2cc1O)N1CCC[C@@H](C(F)(F)F)C1. The van der Waals surface area contributed by atoms with E-state index < -0.39 is 18.0 Å². The molecule has 0 saturated carbocycles. The molecule has 0 unspecified atom stereocenters. The first-order valence-corrected chi connectivity index (χ1v) is 7.44. The average molecular weight is 323 g/mol. The van der Waals surface area contributed by atoms with Gasteiger partial charge in [0, 0.05) is 13.1 Å².